The lowest BCUT2D eigenvalue weighted by atomic mass is 9.88. The molecule has 582 valence electrons. The highest BCUT2D eigenvalue weighted by atomic mass is 16.8. The van der Waals surface area contributed by atoms with Crippen LogP contribution in [-0.4, -0.2) is 215 Å². The Balaban J connectivity index is 1.54. The van der Waals surface area contributed by atoms with Crippen LogP contribution in [0.25, 0.3) is 0 Å². The first-order valence-electron chi connectivity index (χ1n) is 39.6. The molecule has 23 nitrogen and oxygen atoms in total. The summed E-state index contributed by atoms with van der Waals surface area (Å²) in [5.41, 5.74) is 0. The van der Waals surface area contributed by atoms with E-state index in [1.54, 1.807) is 6.08 Å². The Morgan fingerprint density at radius 1 is 0.525 bits per heavy atom. The maximum atomic E-state index is 13.5. The molecule has 3 fully saturated rings. The number of aliphatic hydroxyl groups is 11. The van der Waals surface area contributed by atoms with Crippen LogP contribution in [0.5, 0.6) is 0 Å². The molecule has 0 aromatic heterocycles. The van der Waals surface area contributed by atoms with Crippen molar-refractivity contribution < 1.29 is 104 Å². The van der Waals surface area contributed by atoms with Crippen LogP contribution >= 0.6 is 0 Å². The standard InChI is InChI=1S/C76H142N2O21/c1-4-6-8-10-12-14-16-18-20-22-24-26-27-28-30-31-33-35-37-39-41-43-45-47-49-58(83)57(78-63(86)50-48-46-44-42-40-38-36-34-32-29-25-23-21-19-17-15-13-11-9-7-5-2)55-94-73-68(90)67(89)70(62(54-81)96-73)97-74-69(91)72(66(88)61(53-80)95-74)99-76(75(92)93)51-59(84)64(77-56(3)82)71(98-76)65(87)60(85)52-79/h47,49,57-62,64-74,79-81,83-85,87-91H,4-46,48,50-55H2,1-3H3,(H,77,82)(H,78,86)(H,92,93)/b49-47+. The van der Waals surface area contributed by atoms with Crippen molar-refractivity contribution in [1.82, 2.24) is 10.6 Å². The lowest BCUT2D eigenvalue weighted by Crippen LogP contribution is -2.70. The molecule has 18 unspecified atom stereocenters. The van der Waals surface area contributed by atoms with E-state index in [-0.39, 0.29) is 12.3 Å². The fourth-order valence-electron chi connectivity index (χ4n) is 13.9. The summed E-state index contributed by atoms with van der Waals surface area (Å²) >= 11 is 0. The van der Waals surface area contributed by atoms with Crippen LogP contribution < -0.4 is 10.6 Å². The zero-order valence-corrected chi connectivity index (χ0v) is 61.4. The van der Waals surface area contributed by atoms with Gasteiger partial charge in [0.2, 0.25) is 11.8 Å². The Morgan fingerprint density at radius 3 is 1.34 bits per heavy atom. The monoisotopic (exact) mass is 1420 g/mol. The molecule has 23 heteroatoms. The van der Waals surface area contributed by atoms with Crippen molar-refractivity contribution in [3.63, 3.8) is 0 Å². The van der Waals surface area contributed by atoms with E-state index < -0.39 is 155 Å². The fraction of sp³-hybridized carbons (Fsp3) is 0.934. The average Bonchev–Trinajstić information content (AvgIpc) is 0.760. The molecule has 0 aliphatic carbocycles. The van der Waals surface area contributed by atoms with Gasteiger partial charge in [0, 0.05) is 19.8 Å². The summed E-state index contributed by atoms with van der Waals surface area (Å²) in [5.74, 6) is -6.13. The van der Waals surface area contributed by atoms with Crippen LogP contribution in [0, 0.1) is 0 Å². The zero-order chi connectivity index (χ0) is 72.5. The second-order valence-corrected chi connectivity index (χ2v) is 28.9. The van der Waals surface area contributed by atoms with E-state index in [0.29, 0.717) is 12.8 Å². The van der Waals surface area contributed by atoms with Crippen molar-refractivity contribution in [3.8, 4) is 0 Å². The number of carbonyl (C=O) groups is 3. The number of hydrogen-bond acceptors (Lipinski definition) is 20. The van der Waals surface area contributed by atoms with E-state index in [9.17, 15) is 75.7 Å². The van der Waals surface area contributed by atoms with Gasteiger partial charge in [-0.05, 0) is 19.3 Å². The minimum atomic E-state index is -3.08. The topological polar surface area (TPSA) is 373 Å². The minimum absolute atomic E-state index is 0.206. The fourth-order valence-corrected chi connectivity index (χ4v) is 13.9. The van der Waals surface area contributed by atoms with Crippen molar-refractivity contribution in [2.45, 2.75) is 426 Å². The van der Waals surface area contributed by atoms with Gasteiger partial charge in [-0.3, -0.25) is 9.59 Å². The van der Waals surface area contributed by atoms with Crippen LogP contribution in [0.3, 0.4) is 0 Å². The van der Waals surface area contributed by atoms with Crippen molar-refractivity contribution >= 4 is 17.8 Å². The van der Waals surface area contributed by atoms with Gasteiger partial charge in [0.15, 0.2) is 12.6 Å². The second-order valence-electron chi connectivity index (χ2n) is 28.9. The first-order valence-corrected chi connectivity index (χ1v) is 39.6. The maximum Gasteiger partial charge on any atom is 0.364 e. The van der Waals surface area contributed by atoms with Gasteiger partial charge in [0.1, 0.15) is 67.1 Å². The molecule has 0 spiro atoms. The molecule has 0 saturated carbocycles. The van der Waals surface area contributed by atoms with Crippen LogP contribution in [-0.2, 0) is 42.8 Å². The summed E-state index contributed by atoms with van der Waals surface area (Å²) < 4.78 is 34.9. The number of carboxylic acid groups (broad SMARTS) is 1. The Morgan fingerprint density at radius 2 is 0.939 bits per heavy atom. The van der Waals surface area contributed by atoms with E-state index >= 15 is 0 Å². The van der Waals surface area contributed by atoms with Gasteiger partial charge in [-0.2, -0.15) is 0 Å². The number of carboxylic acids is 1. The molecule has 14 N–H and O–H groups in total. The maximum absolute atomic E-state index is 13.5. The van der Waals surface area contributed by atoms with Crippen LogP contribution in [0.15, 0.2) is 12.2 Å². The van der Waals surface area contributed by atoms with Crippen molar-refractivity contribution in [1.29, 1.82) is 0 Å². The van der Waals surface area contributed by atoms with Gasteiger partial charge in [-0.15, -0.1) is 0 Å². The quantitative estimate of drug-likeness (QED) is 0.0199. The third-order valence-electron chi connectivity index (χ3n) is 20.2. The number of ether oxygens (including phenoxy) is 6. The van der Waals surface area contributed by atoms with Gasteiger partial charge in [-0.25, -0.2) is 4.79 Å². The predicted octanol–water partition coefficient (Wildman–Crippen LogP) is 9.80. The number of carbonyl (C=O) groups excluding carboxylic acids is 2. The van der Waals surface area contributed by atoms with E-state index in [0.717, 1.165) is 51.9 Å². The summed E-state index contributed by atoms with van der Waals surface area (Å²) in [6.07, 6.45) is 29.6. The predicted molar refractivity (Wildman–Crippen MR) is 380 cm³/mol. The van der Waals surface area contributed by atoms with E-state index in [2.05, 4.69) is 24.5 Å². The minimum Gasteiger partial charge on any atom is -0.477 e. The summed E-state index contributed by atoms with van der Waals surface area (Å²) in [4.78, 5) is 38.7. The number of aliphatic hydroxyl groups excluding tert-OH is 11. The number of nitrogens with one attached hydrogen (secondary N) is 2. The van der Waals surface area contributed by atoms with Gasteiger partial charge in [0.25, 0.3) is 5.79 Å². The Labute approximate surface area is 594 Å². The summed E-state index contributed by atoms with van der Waals surface area (Å²) in [6, 6.07) is -2.62. The molecule has 18 atom stereocenters. The molecule has 99 heavy (non-hydrogen) atoms. The summed E-state index contributed by atoms with van der Waals surface area (Å²) in [7, 11) is 0. The zero-order valence-electron chi connectivity index (χ0n) is 61.4. The second kappa shape index (κ2) is 55.9. The number of unbranched alkanes of at least 4 members (excludes halogenated alkanes) is 42. The highest BCUT2D eigenvalue weighted by Crippen LogP contribution is 2.39. The van der Waals surface area contributed by atoms with E-state index in [1.807, 2.05) is 6.08 Å². The molecular formula is C76H142N2O21. The van der Waals surface area contributed by atoms with Gasteiger partial charge in [-0.1, -0.05) is 289 Å². The molecule has 3 heterocycles. The summed E-state index contributed by atoms with van der Waals surface area (Å²) in [5, 5.41) is 136. The van der Waals surface area contributed by atoms with Crippen molar-refractivity contribution in [3.05, 3.63) is 12.2 Å². The highest BCUT2D eigenvalue weighted by molar-refractivity contribution is 5.77. The van der Waals surface area contributed by atoms with Gasteiger partial charge >= 0.3 is 5.97 Å². The molecular weight excluding hydrogens is 1280 g/mol. The number of amides is 2. The van der Waals surface area contributed by atoms with E-state index in [1.165, 1.54) is 225 Å². The molecule has 0 radical (unpaired) electrons. The van der Waals surface area contributed by atoms with Gasteiger partial charge < -0.3 is 100 Å². The van der Waals surface area contributed by atoms with Crippen molar-refractivity contribution in [2.75, 3.05) is 26.4 Å². The number of allylic oxidation sites excluding steroid dienone is 1. The SMILES string of the molecule is CCCCCCCCCCCCCCCCCCCCCCCC/C=C/C(O)C(COC1OC(CO)C(OC2OC(CO)C(O)C(OC3(C(=O)O)CC(O)C(NC(C)=O)C(C(O)C(O)CO)O3)C2O)C(O)C1O)NC(=O)CCCCCCCCCCCCCCCCCCCCCCC. The molecule has 2 amide bonds. The largest absolute Gasteiger partial charge is 0.477 e. The normalized spacial score (nSPS) is 27.1. The first kappa shape index (κ1) is 90.7. The molecule has 0 bridgehead atoms. The van der Waals surface area contributed by atoms with E-state index in [4.69, 9.17) is 28.4 Å². The lowest BCUT2D eigenvalue weighted by Gasteiger charge is -2.50. The third-order valence-corrected chi connectivity index (χ3v) is 20.2. The molecule has 3 rings (SSSR count). The molecule has 0 aromatic rings. The van der Waals surface area contributed by atoms with Crippen LogP contribution in [0.4, 0.5) is 0 Å². The molecule has 3 aliphatic heterocycles. The number of rotatable bonds is 62. The van der Waals surface area contributed by atoms with Gasteiger partial charge in [0.05, 0.1) is 50.7 Å². The Bertz CT molecular complexity index is 2030. The highest BCUT2D eigenvalue weighted by Gasteiger charge is 2.60. The summed E-state index contributed by atoms with van der Waals surface area (Å²) in [6.45, 7) is 2.19. The average molecular weight is 1420 g/mol. The third kappa shape index (κ3) is 36.8. The van der Waals surface area contributed by atoms with Crippen LogP contribution in [0.1, 0.15) is 316 Å². The Kier molecular flexibility index (Phi) is 51.2. The number of aliphatic carboxylic acids is 1. The molecule has 3 saturated heterocycles. The Hall–Kier alpha value is -2.53. The smallest absolute Gasteiger partial charge is 0.364 e. The molecule has 3 aliphatic rings. The number of hydrogen-bond donors (Lipinski definition) is 14. The molecule has 0 aromatic carbocycles. The van der Waals surface area contributed by atoms with Crippen LogP contribution in [0.2, 0.25) is 0 Å². The van der Waals surface area contributed by atoms with Crippen molar-refractivity contribution in [2.24, 2.45) is 0 Å². The lowest BCUT2D eigenvalue weighted by molar-refractivity contribution is -0.386. The first-order chi connectivity index (χ1) is 47.9.